The predicted octanol–water partition coefficient (Wildman–Crippen LogP) is 2.62. The summed E-state index contributed by atoms with van der Waals surface area (Å²) in [5.74, 6) is 0.122. The Morgan fingerprint density at radius 1 is 1.26 bits per heavy atom. The minimum atomic E-state index is -0.555. The van der Waals surface area contributed by atoms with Gasteiger partial charge in [0.15, 0.2) is 0 Å². The van der Waals surface area contributed by atoms with Gasteiger partial charge < -0.3 is 14.7 Å². The number of hydrogen-bond donors (Lipinski definition) is 0. The van der Waals surface area contributed by atoms with E-state index in [1.807, 2.05) is 0 Å². The van der Waals surface area contributed by atoms with Crippen LogP contribution in [0.3, 0.4) is 0 Å². The molecule has 2 aliphatic rings. The minimum absolute atomic E-state index is 0.0410. The van der Waals surface area contributed by atoms with E-state index < -0.39 is 12.2 Å². The van der Waals surface area contributed by atoms with Gasteiger partial charge in [-0.3, -0.25) is 14.4 Å². The highest BCUT2D eigenvalue weighted by Gasteiger charge is 2.47. The lowest BCUT2D eigenvalue weighted by atomic mass is 10.0. The number of fused-ring (bicyclic) bond motifs is 1. The molecule has 0 aliphatic carbocycles. The Labute approximate surface area is 165 Å². The number of nitrogens with zero attached hydrogens (tertiary/aromatic N) is 3. The number of halogens is 1. The summed E-state index contributed by atoms with van der Waals surface area (Å²) in [5, 5.41) is 0.568. The number of benzene rings is 1. The Bertz CT molecular complexity index is 736. The zero-order chi connectivity index (χ0) is 19.7. The van der Waals surface area contributed by atoms with E-state index in [2.05, 4.69) is 13.8 Å². The maximum absolute atomic E-state index is 13.1. The van der Waals surface area contributed by atoms with Crippen molar-refractivity contribution in [1.29, 1.82) is 0 Å². The van der Waals surface area contributed by atoms with Crippen LogP contribution in [0.2, 0.25) is 5.02 Å². The molecule has 3 unspecified atom stereocenters. The average molecular weight is 392 g/mol. The molecule has 2 aliphatic heterocycles. The van der Waals surface area contributed by atoms with Crippen molar-refractivity contribution in [3.05, 3.63) is 34.9 Å². The minimum Gasteiger partial charge on any atom is -0.337 e. The number of carbonyl (C=O) groups excluding carboxylic acids is 3. The van der Waals surface area contributed by atoms with Crippen LogP contribution in [0.15, 0.2) is 24.3 Å². The van der Waals surface area contributed by atoms with Gasteiger partial charge in [-0.25, -0.2) is 0 Å². The normalized spacial score (nSPS) is 24.1. The number of hydrogen-bond acceptors (Lipinski definition) is 3. The van der Waals surface area contributed by atoms with Crippen LogP contribution >= 0.6 is 11.6 Å². The van der Waals surface area contributed by atoms with Crippen molar-refractivity contribution in [3.8, 4) is 0 Å². The van der Waals surface area contributed by atoms with Gasteiger partial charge >= 0.3 is 0 Å². The summed E-state index contributed by atoms with van der Waals surface area (Å²) in [6.07, 6.45) is 0.781. The summed E-state index contributed by atoms with van der Waals surface area (Å²) in [4.78, 5) is 43.5. The maximum atomic E-state index is 13.1. The van der Waals surface area contributed by atoms with Gasteiger partial charge in [0.1, 0.15) is 12.2 Å². The zero-order valence-electron chi connectivity index (χ0n) is 16.0. The molecule has 2 saturated heterocycles. The molecule has 0 spiro atoms. The van der Waals surface area contributed by atoms with Crippen molar-refractivity contribution in [1.82, 2.24) is 14.7 Å². The molecule has 0 bridgehead atoms. The van der Waals surface area contributed by atoms with Crippen LogP contribution in [-0.4, -0.2) is 64.3 Å². The fourth-order valence-corrected chi connectivity index (χ4v) is 3.93. The second-order valence-corrected chi connectivity index (χ2v) is 7.91. The van der Waals surface area contributed by atoms with Gasteiger partial charge in [-0.1, -0.05) is 31.9 Å². The molecule has 0 radical (unpaired) electrons. The molecule has 3 atom stereocenters. The molecule has 1 aromatic carbocycles. The lowest BCUT2D eigenvalue weighted by Crippen LogP contribution is -2.70. The first-order valence-electron chi connectivity index (χ1n) is 9.50. The number of piperazine rings is 1. The summed E-state index contributed by atoms with van der Waals surface area (Å²) in [7, 11) is 0. The fraction of sp³-hybridized carbons (Fsp3) is 0.550. The van der Waals surface area contributed by atoms with Crippen LogP contribution in [0.25, 0.3) is 0 Å². The van der Waals surface area contributed by atoms with E-state index in [1.165, 1.54) is 0 Å². The number of carbonyl (C=O) groups is 3. The van der Waals surface area contributed by atoms with Crippen LogP contribution in [0.4, 0.5) is 0 Å². The first kappa shape index (κ1) is 19.7. The van der Waals surface area contributed by atoms with Gasteiger partial charge in [0.05, 0.1) is 6.54 Å². The van der Waals surface area contributed by atoms with Crippen molar-refractivity contribution < 1.29 is 14.4 Å². The Morgan fingerprint density at radius 2 is 1.93 bits per heavy atom. The first-order chi connectivity index (χ1) is 12.8. The second-order valence-electron chi connectivity index (χ2n) is 7.47. The highest BCUT2D eigenvalue weighted by molar-refractivity contribution is 6.30. The van der Waals surface area contributed by atoms with Gasteiger partial charge in [-0.15, -0.1) is 0 Å². The van der Waals surface area contributed by atoms with E-state index in [0.717, 1.165) is 6.42 Å². The van der Waals surface area contributed by atoms with Gasteiger partial charge in [-0.05, 0) is 37.1 Å². The fourth-order valence-electron chi connectivity index (χ4n) is 3.81. The molecule has 2 heterocycles. The van der Waals surface area contributed by atoms with E-state index in [1.54, 1.807) is 45.9 Å². The third-order valence-electron chi connectivity index (χ3n) is 5.59. The lowest BCUT2D eigenvalue weighted by molar-refractivity contribution is -0.166. The Hall–Kier alpha value is -2.08. The highest BCUT2D eigenvalue weighted by Crippen LogP contribution is 2.27. The molecule has 3 rings (SSSR count). The molecule has 0 N–H and O–H groups in total. The van der Waals surface area contributed by atoms with Crippen LogP contribution in [0, 0.1) is 5.92 Å². The molecule has 0 saturated carbocycles. The average Bonchev–Trinajstić information content (AvgIpc) is 2.65. The van der Waals surface area contributed by atoms with Gasteiger partial charge in [0.2, 0.25) is 11.8 Å². The molecular weight excluding hydrogens is 366 g/mol. The summed E-state index contributed by atoms with van der Waals surface area (Å²) in [6, 6.07) is 6.20. The number of amides is 3. The third kappa shape index (κ3) is 3.81. The molecule has 6 nitrogen and oxygen atoms in total. The smallest absolute Gasteiger partial charge is 0.255 e. The van der Waals surface area contributed by atoms with Crippen LogP contribution < -0.4 is 0 Å². The van der Waals surface area contributed by atoms with Crippen LogP contribution in [0.1, 0.15) is 44.0 Å². The predicted molar refractivity (Wildman–Crippen MR) is 103 cm³/mol. The van der Waals surface area contributed by atoms with E-state index in [4.69, 9.17) is 11.6 Å². The molecule has 2 fully saturated rings. The maximum Gasteiger partial charge on any atom is 0.255 e. The Balaban J connectivity index is 1.88. The Kier molecular flexibility index (Phi) is 5.75. The molecule has 7 heteroatoms. The molecule has 27 heavy (non-hydrogen) atoms. The van der Waals surface area contributed by atoms with E-state index in [9.17, 15) is 14.4 Å². The summed E-state index contributed by atoms with van der Waals surface area (Å²) in [6.45, 7) is 7.31. The zero-order valence-corrected chi connectivity index (χ0v) is 16.8. The topological polar surface area (TPSA) is 60.9 Å². The first-order valence-corrected chi connectivity index (χ1v) is 9.87. The molecule has 146 valence electrons. The van der Waals surface area contributed by atoms with E-state index >= 15 is 0 Å². The van der Waals surface area contributed by atoms with E-state index in [-0.39, 0.29) is 24.1 Å². The quantitative estimate of drug-likeness (QED) is 0.792. The summed E-state index contributed by atoms with van der Waals surface area (Å²) in [5.41, 5.74) is 0.534. The van der Waals surface area contributed by atoms with E-state index in [0.29, 0.717) is 36.1 Å². The lowest BCUT2D eigenvalue weighted by Gasteiger charge is -2.51. The largest absolute Gasteiger partial charge is 0.337 e. The van der Waals surface area contributed by atoms with Crippen molar-refractivity contribution in [2.24, 2.45) is 5.92 Å². The van der Waals surface area contributed by atoms with Crippen molar-refractivity contribution in [3.63, 3.8) is 0 Å². The van der Waals surface area contributed by atoms with Gasteiger partial charge in [0, 0.05) is 30.1 Å². The Morgan fingerprint density at radius 3 is 2.56 bits per heavy atom. The highest BCUT2D eigenvalue weighted by atomic mass is 35.5. The molecule has 0 aromatic heterocycles. The molecule has 3 amide bonds. The standard InChI is InChI=1S/C20H26ClN3O3/c1-4-13(2)11-22-12-17-23(20(27)15-5-7-16(21)8-6-15)10-9-18(25)24(17)14(3)19(22)26/h5-8,13-14,17H,4,9-12H2,1-3H3. The third-order valence-corrected chi connectivity index (χ3v) is 5.84. The van der Waals surface area contributed by atoms with Crippen molar-refractivity contribution in [2.45, 2.75) is 45.8 Å². The van der Waals surface area contributed by atoms with Crippen molar-refractivity contribution >= 4 is 29.3 Å². The summed E-state index contributed by atoms with van der Waals surface area (Å²) < 4.78 is 0. The van der Waals surface area contributed by atoms with Crippen LogP contribution in [-0.2, 0) is 9.59 Å². The number of rotatable bonds is 4. The van der Waals surface area contributed by atoms with Gasteiger partial charge in [-0.2, -0.15) is 0 Å². The second kappa shape index (κ2) is 7.89. The van der Waals surface area contributed by atoms with Gasteiger partial charge in [0.25, 0.3) is 5.91 Å². The molecule has 1 aromatic rings. The van der Waals surface area contributed by atoms with Crippen molar-refractivity contribution in [2.75, 3.05) is 19.6 Å². The SMILES string of the molecule is CCC(C)CN1CC2N(C(=O)c3ccc(Cl)cc3)CCC(=O)N2C(C)C1=O. The monoisotopic (exact) mass is 391 g/mol. The summed E-state index contributed by atoms with van der Waals surface area (Å²) >= 11 is 5.93. The molecular formula is C20H26ClN3O3. The van der Waals surface area contributed by atoms with Crippen LogP contribution in [0.5, 0.6) is 0 Å².